The Bertz CT molecular complexity index is 871. The number of nitrogens with zero attached hydrogens (tertiary/aromatic N) is 3. The third-order valence-corrected chi connectivity index (χ3v) is 8.84. The number of amides is 1. The predicted octanol–water partition coefficient (Wildman–Crippen LogP) is 3.10. The normalized spacial score (nSPS) is 21.8. The largest absolute Gasteiger partial charge is 0.378 e. The van der Waals surface area contributed by atoms with E-state index >= 15 is 0 Å². The summed E-state index contributed by atoms with van der Waals surface area (Å²) < 4.78 is 33.6. The smallest absolute Gasteiger partial charge is 0.255 e. The second-order valence-electron chi connectivity index (χ2n) is 8.95. The molecule has 7 nitrogen and oxygen atoms in total. The van der Waals surface area contributed by atoms with E-state index < -0.39 is 10.0 Å². The van der Waals surface area contributed by atoms with Gasteiger partial charge in [0.2, 0.25) is 10.0 Å². The molecule has 4 rings (SSSR count). The van der Waals surface area contributed by atoms with Gasteiger partial charge in [0.05, 0.1) is 23.7 Å². The minimum absolute atomic E-state index is 0.0796. The van der Waals surface area contributed by atoms with E-state index in [0.29, 0.717) is 45.0 Å². The molecule has 1 aromatic rings. The first-order chi connectivity index (χ1) is 15.0. The average Bonchev–Trinajstić information content (AvgIpc) is 2.84. The van der Waals surface area contributed by atoms with Crippen LogP contribution in [0.2, 0.25) is 0 Å². The molecule has 2 heterocycles. The fourth-order valence-corrected chi connectivity index (χ4v) is 6.55. The van der Waals surface area contributed by atoms with Crippen LogP contribution >= 0.6 is 0 Å². The Morgan fingerprint density at radius 1 is 0.968 bits per heavy atom. The van der Waals surface area contributed by atoms with Gasteiger partial charge in [0.1, 0.15) is 0 Å². The van der Waals surface area contributed by atoms with E-state index in [0.717, 1.165) is 50.6 Å². The van der Waals surface area contributed by atoms with Crippen LogP contribution in [0.4, 0.5) is 5.69 Å². The van der Waals surface area contributed by atoms with Gasteiger partial charge in [0.15, 0.2) is 0 Å². The number of benzene rings is 1. The van der Waals surface area contributed by atoms with Crippen molar-refractivity contribution in [2.24, 2.45) is 0 Å². The fourth-order valence-electron chi connectivity index (χ4n) is 5.01. The van der Waals surface area contributed by atoms with Gasteiger partial charge in [-0.25, -0.2) is 8.42 Å². The Kier molecular flexibility index (Phi) is 7.19. The van der Waals surface area contributed by atoms with Gasteiger partial charge in [0.25, 0.3) is 5.91 Å². The Labute approximate surface area is 186 Å². The van der Waals surface area contributed by atoms with Crippen LogP contribution in [0.25, 0.3) is 0 Å². The van der Waals surface area contributed by atoms with E-state index in [9.17, 15) is 13.2 Å². The van der Waals surface area contributed by atoms with Crippen LogP contribution in [0.1, 0.15) is 61.7 Å². The highest BCUT2D eigenvalue weighted by Gasteiger charge is 2.31. The number of sulfonamides is 1. The topological polar surface area (TPSA) is 70.2 Å². The van der Waals surface area contributed by atoms with Crippen molar-refractivity contribution in [1.29, 1.82) is 0 Å². The van der Waals surface area contributed by atoms with Crippen LogP contribution in [-0.2, 0) is 14.8 Å². The highest BCUT2D eigenvalue weighted by atomic mass is 32.2. The summed E-state index contributed by atoms with van der Waals surface area (Å²) in [4.78, 5) is 17.8. The maximum Gasteiger partial charge on any atom is 0.255 e. The monoisotopic (exact) mass is 449 g/mol. The first-order valence-corrected chi connectivity index (χ1v) is 13.2. The zero-order chi connectivity index (χ0) is 21.8. The summed E-state index contributed by atoms with van der Waals surface area (Å²) in [5.41, 5.74) is 1.31. The second-order valence-corrected chi connectivity index (χ2v) is 10.9. The van der Waals surface area contributed by atoms with Crippen LogP contribution in [0, 0.1) is 0 Å². The van der Waals surface area contributed by atoms with Gasteiger partial charge in [-0.05, 0) is 43.9 Å². The SMILES string of the molecule is CN(C(=O)c1cc(S(=O)(=O)N2CCCCC2)ccc1N1CCOCC1)C1CCCCC1. The van der Waals surface area contributed by atoms with Crippen molar-refractivity contribution in [2.75, 3.05) is 51.3 Å². The van der Waals surface area contributed by atoms with E-state index in [1.54, 1.807) is 16.4 Å². The van der Waals surface area contributed by atoms with E-state index in [1.165, 1.54) is 6.42 Å². The van der Waals surface area contributed by atoms with Crippen molar-refractivity contribution in [3.63, 3.8) is 0 Å². The molecular weight excluding hydrogens is 414 g/mol. The van der Waals surface area contributed by atoms with E-state index in [4.69, 9.17) is 4.74 Å². The summed E-state index contributed by atoms with van der Waals surface area (Å²) in [7, 11) is -1.73. The first-order valence-electron chi connectivity index (χ1n) is 11.7. The van der Waals surface area contributed by atoms with Crippen LogP contribution in [0.5, 0.6) is 0 Å². The lowest BCUT2D eigenvalue weighted by Gasteiger charge is -2.34. The van der Waals surface area contributed by atoms with E-state index in [2.05, 4.69) is 4.90 Å². The van der Waals surface area contributed by atoms with Gasteiger partial charge in [-0.3, -0.25) is 4.79 Å². The fraction of sp³-hybridized carbons (Fsp3) is 0.696. The Morgan fingerprint density at radius 2 is 1.61 bits per heavy atom. The Balaban J connectivity index is 1.68. The minimum atomic E-state index is -3.60. The van der Waals surface area contributed by atoms with Gasteiger partial charge in [-0.2, -0.15) is 4.31 Å². The minimum Gasteiger partial charge on any atom is -0.378 e. The van der Waals surface area contributed by atoms with Gasteiger partial charge in [0, 0.05) is 45.0 Å². The molecule has 0 radical (unpaired) electrons. The first kappa shape index (κ1) is 22.6. The number of morpholine rings is 1. The maximum atomic E-state index is 13.6. The number of carbonyl (C=O) groups is 1. The standard InChI is InChI=1S/C23H35N3O4S/c1-24(19-8-4-2-5-9-19)23(27)21-18-20(31(28,29)26-12-6-3-7-13-26)10-11-22(21)25-14-16-30-17-15-25/h10-11,18-19H,2-9,12-17H2,1H3. The zero-order valence-corrected chi connectivity index (χ0v) is 19.4. The molecule has 2 aliphatic heterocycles. The summed E-state index contributed by atoms with van der Waals surface area (Å²) in [6, 6.07) is 5.34. The van der Waals surface area contributed by atoms with Crippen molar-refractivity contribution >= 4 is 21.6 Å². The molecule has 0 unspecified atom stereocenters. The van der Waals surface area contributed by atoms with Gasteiger partial charge in [-0.15, -0.1) is 0 Å². The number of piperidine rings is 1. The summed E-state index contributed by atoms with van der Waals surface area (Å²) in [6.07, 6.45) is 8.38. The van der Waals surface area contributed by atoms with Crippen molar-refractivity contribution in [2.45, 2.75) is 62.3 Å². The molecule has 1 amide bonds. The van der Waals surface area contributed by atoms with Crippen molar-refractivity contribution in [1.82, 2.24) is 9.21 Å². The third kappa shape index (κ3) is 4.91. The number of hydrogen-bond donors (Lipinski definition) is 0. The second kappa shape index (κ2) is 9.88. The maximum absolute atomic E-state index is 13.6. The van der Waals surface area contributed by atoms with Crippen molar-refractivity contribution in [3.05, 3.63) is 23.8 Å². The molecule has 3 fully saturated rings. The molecule has 3 aliphatic rings. The Hall–Kier alpha value is -1.64. The summed E-state index contributed by atoms with van der Waals surface area (Å²) in [5, 5.41) is 0. The van der Waals surface area contributed by atoms with Crippen LogP contribution in [-0.4, -0.2) is 76.0 Å². The van der Waals surface area contributed by atoms with Crippen molar-refractivity contribution < 1.29 is 17.9 Å². The molecule has 2 saturated heterocycles. The number of carbonyl (C=O) groups excluding carboxylic acids is 1. The molecule has 0 N–H and O–H groups in total. The molecule has 0 atom stereocenters. The molecule has 1 saturated carbocycles. The summed E-state index contributed by atoms with van der Waals surface area (Å²) >= 11 is 0. The lowest BCUT2D eigenvalue weighted by atomic mass is 9.94. The lowest BCUT2D eigenvalue weighted by molar-refractivity contribution is 0.0695. The highest BCUT2D eigenvalue weighted by Crippen LogP contribution is 2.30. The molecule has 8 heteroatoms. The number of ether oxygens (including phenoxy) is 1. The molecule has 1 aromatic carbocycles. The molecule has 0 aromatic heterocycles. The van der Waals surface area contributed by atoms with Gasteiger partial charge < -0.3 is 14.5 Å². The lowest BCUT2D eigenvalue weighted by Crippen LogP contribution is -2.41. The van der Waals surface area contributed by atoms with Gasteiger partial charge >= 0.3 is 0 Å². The number of rotatable bonds is 5. The molecule has 172 valence electrons. The van der Waals surface area contributed by atoms with Crippen LogP contribution < -0.4 is 4.90 Å². The van der Waals surface area contributed by atoms with E-state index in [1.807, 2.05) is 18.0 Å². The highest BCUT2D eigenvalue weighted by molar-refractivity contribution is 7.89. The average molecular weight is 450 g/mol. The number of anilines is 1. The molecule has 0 bridgehead atoms. The van der Waals surface area contributed by atoms with E-state index in [-0.39, 0.29) is 16.8 Å². The zero-order valence-electron chi connectivity index (χ0n) is 18.6. The number of hydrogen-bond acceptors (Lipinski definition) is 5. The van der Waals surface area contributed by atoms with Gasteiger partial charge in [-0.1, -0.05) is 25.7 Å². The Morgan fingerprint density at radius 3 is 2.29 bits per heavy atom. The molecular formula is C23H35N3O4S. The van der Waals surface area contributed by atoms with Crippen LogP contribution in [0.3, 0.4) is 0 Å². The van der Waals surface area contributed by atoms with Crippen molar-refractivity contribution in [3.8, 4) is 0 Å². The summed E-state index contributed by atoms with van der Waals surface area (Å²) in [6.45, 7) is 3.73. The third-order valence-electron chi connectivity index (χ3n) is 6.95. The quantitative estimate of drug-likeness (QED) is 0.691. The molecule has 31 heavy (non-hydrogen) atoms. The summed E-state index contributed by atoms with van der Waals surface area (Å²) in [5.74, 6) is -0.0796. The molecule has 0 spiro atoms. The molecule has 1 aliphatic carbocycles. The predicted molar refractivity (Wildman–Crippen MR) is 121 cm³/mol. The van der Waals surface area contributed by atoms with Crippen LogP contribution in [0.15, 0.2) is 23.1 Å².